The number of benzene rings is 4. The van der Waals surface area contributed by atoms with Gasteiger partial charge in [-0.25, -0.2) is 0 Å². The number of nitrogens with one attached hydrogen (secondary N) is 1. The van der Waals surface area contributed by atoms with Crippen LogP contribution in [-0.4, -0.2) is 16.6 Å². The molecule has 4 nitrogen and oxygen atoms in total. The van der Waals surface area contributed by atoms with Gasteiger partial charge in [-0.15, -0.1) is 0 Å². The monoisotopic (exact) mass is 516 g/mol. The fourth-order valence-corrected chi connectivity index (χ4v) is 5.11. The predicted molar refractivity (Wildman–Crippen MR) is 161 cm³/mol. The Bertz CT molecular complexity index is 1610. The first-order valence-corrected chi connectivity index (χ1v) is 13.6. The van der Waals surface area contributed by atoms with Crippen LogP contribution >= 0.6 is 0 Å². The summed E-state index contributed by atoms with van der Waals surface area (Å²) in [5, 5.41) is 4.17. The number of rotatable bonds is 8. The second-order valence-electron chi connectivity index (χ2n) is 10.5. The van der Waals surface area contributed by atoms with Crippen LogP contribution in [0.15, 0.2) is 91.0 Å². The van der Waals surface area contributed by atoms with E-state index in [0.717, 1.165) is 28.8 Å². The quantitative estimate of drug-likeness (QED) is 0.227. The number of fused-ring (bicyclic) bond motifs is 1. The van der Waals surface area contributed by atoms with Gasteiger partial charge in [0, 0.05) is 35.2 Å². The molecule has 5 rings (SSSR count). The molecule has 0 bridgehead atoms. The minimum atomic E-state index is -0.0731. The zero-order chi connectivity index (χ0) is 27.5. The SMILES string of the molecule is Cc1ccccc1-c1ccc(Cn2c(C)c(C)c3cc(C(=O)NCc4ccc(OC(C)C)cc4)ccc32)cc1. The van der Waals surface area contributed by atoms with Gasteiger partial charge in [0.1, 0.15) is 5.75 Å². The van der Waals surface area contributed by atoms with E-state index in [4.69, 9.17) is 4.74 Å². The predicted octanol–water partition coefficient (Wildman–Crippen LogP) is 8.00. The summed E-state index contributed by atoms with van der Waals surface area (Å²) in [5.74, 6) is 0.763. The summed E-state index contributed by atoms with van der Waals surface area (Å²) in [6, 6.07) is 31.2. The third kappa shape index (κ3) is 5.75. The molecule has 1 heterocycles. The summed E-state index contributed by atoms with van der Waals surface area (Å²) in [4.78, 5) is 13.0. The lowest BCUT2D eigenvalue weighted by atomic mass is 9.99. The molecule has 0 fully saturated rings. The summed E-state index contributed by atoms with van der Waals surface area (Å²) in [6.07, 6.45) is 0.136. The maximum atomic E-state index is 13.0. The molecule has 1 N–H and O–H groups in total. The Morgan fingerprint density at radius 1 is 0.846 bits per heavy atom. The van der Waals surface area contributed by atoms with E-state index in [1.807, 2.05) is 50.2 Å². The minimum Gasteiger partial charge on any atom is -0.491 e. The Kier molecular flexibility index (Phi) is 7.56. The van der Waals surface area contributed by atoms with E-state index >= 15 is 0 Å². The average molecular weight is 517 g/mol. The Morgan fingerprint density at radius 2 is 1.54 bits per heavy atom. The van der Waals surface area contributed by atoms with Crippen molar-refractivity contribution in [3.63, 3.8) is 0 Å². The van der Waals surface area contributed by atoms with Crippen LogP contribution in [-0.2, 0) is 13.1 Å². The first-order chi connectivity index (χ1) is 18.8. The Labute approximate surface area is 231 Å². The number of nitrogens with zero attached hydrogens (tertiary/aromatic N) is 1. The van der Waals surface area contributed by atoms with Gasteiger partial charge in [0.25, 0.3) is 5.91 Å². The molecule has 4 heteroatoms. The van der Waals surface area contributed by atoms with Gasteiger partial charge in [0.15, 0.2) is 0 Å². The maximum Gasteiger partial charge on any atom is 0.251 e. The van der Waals surface area contributed by atoms with Crippen molar-refractivity contribution in [2.45, 2.75) is 53.8 Å². The van der Waals surface area contributed by atoms with Gasteiger partial charge in [0.05, 0.1) is 6.10 Å². The molecule has 0 radical (unpaired) electrons. The summed E-state index contributed by atoms with van der Waals surface area (Å²) in [6.45, 7) is 11.7. The van der Waals surface area contributed by atoms with Crippen LogP contribution in [0.5, 0.6) is 5.75 Å². The highest BCUT2D eigenvalue weighted by Crippen LogP contribution is 2.28. The van der Waals surface area contributed by atoms with Gasteiger partial charge in [-0.2, -0.15) is 0 Å². The molecule has 0 saturated heterocycles. The Morgan fingerprint density at radius 3 is 2.23 bits per heavy atom. The number of carbonyl (C=O) groups excluding carboxylic acids is 1. The molecule has 0 aliphatic rings. The van der Waals surface area contributed by atoms with Gasteiger partial charge in [-0.3, -0.25) is 4.79 Å². The second kappa shape index (κ2) is 11.2. The zero-order valence-electron chi connectivity index (χ0n) is 23.4. The zero-order valence-corrected chi connectivity index (χ0v) is 23.4. The van der Waals surface area contributed by atoms with Gasteiger partial charge in [-0.1, -0.05) is 60.7 Å². The molecule has 198 valence electrons. The van der Waals surface area contributed by atoms with Crippen molar-refractivity contribution in [2.75, 3.05) is 0 Å². The largest absolute Gasteiger partial charge is 0.491 e. The van der Waals surface area contributed by atoms with E-state index < -0.39 is 0 Å². The Hall–Kier alpha value is -4.31. The van der Waals surface area contributed by atoms with Crippen LogP contribution < -0.4 is 10.1 Å². The number of aryl methyl sites for hydroxylation is 2. The van der Waals surface area contributed by atoms with Crippen molar-refractivity contribution in [2.24, 2.45) is 0 Å². The van der Waals surface area contributed by atoms with Crippen LogP contribution in [0.4, 0.5) is 0 Å². The second-order valence-corrected chi connectivity index (χ2v) is 10.5. The van der Waals surface area contributed by atoms with Gasteiger partial charge in [-0.05, 0) is 98.3 Å². The van der Waals surface area contributed by atoms with E-state index in [9.17, 15) is 4.79 Å². The molecular weight excluding hydrogens is 480 g/mol. The van der Waals surface area contributed by atoms with Crippen molar-refractivity contribution in [3.05, 3.63) is 125 Å². The summed E-state index contributed by atoms with van der Waals surface area (Å²) < 4.78 is 8.05. The van der Waals surface area contributed by atoms with E-state index in [1.165, 1.54) is 33.5 Å². The molecule has 1 amide bonds. The first-order valence-electron chi connectivity index (χ1n) is 13.6. The number of amides is 1. The molecule has 5 aromatic rings. The van der Waals surface area contributed by atoms with Crippen molar-refractivity contribution in [1.29, 1.82) is 0 Å². The molecule has 0 saturated carbocycles. The fourth-order valence-electron chi connectivity index (χ4n) is 5.11. The lowest BCUT2D eigenvalue weighted by Crippen LogP contribution is -2.22. The topological polar surface area (TPSA) is 43.3 Å². The molecule has 0 spiro atoms. The van der Waals surface area contributed by atoms with Gasteiger partial charge < -0.3 is 14.6 Å². The average Bonchev–Trinajstić information content (AvgIpc) is 3.17. The minimum absolute atomic E-state index is 0.0731. The van der Waals surface area contributed by atoms with E-state index in [1.54, 1.807) is 0 Å². The first kappa shape index (κ1) is 26.3. The molecule has 0 unspecified atom stereocenters. The van der Waals surface area contributed by atoms with Crippen LogP contribution in [0.2, 0.25) is 0 Å². The number of ether oxygens (including phenoxy) is 1. The van der Waals surface area contributed by atoms with E-state index in [0.29, 0.717) is 12.1 Å². The highest BCUT2D eigenvalue weighted by Gasteiger charge is 2.15. The standard InChI is InChI=1S/C35H36N2O2/c1-23(2)39-31-17-12-27(13-18-31)21-36-35(38)30-16-19-34-33(20-30)25(4)26(5)37(34)22-28-10-14-29(15-11-28)32-9-7-6-8-24(32)3/h6-20,23H,21-22H2,1-5H3,(H,36,38). The number of aromatic nitrogens is 1. The van der Waals surface area contributed by atoms with Gasteiger partial charge in [0.2, 0.25) is 0 Å². The number of carbonyl (C=O) groups is 1. The molecule has 4 aromatic carbocycles. The molecule has 0 aliphatic heterocycles. The summed E-state index contributed by atoms with van der Waals surface area (Å²) in [7, 11) is 0. The summed E-state index contributed by atoms with van der Waals surface area (Å²) >= 11 is 0. The van der Waals surface area contributed by atoms with Gasteiger partial charge >= 0.3 is 0 Å². The molecule has 39 heavy (non-hydrogen) atoms. The third-order valence-electron chi connectivity index (χ3n) is 7.40. The summed E-state index contributed by atoms with van der Waals surface area (Å²) in [5.41, 5.74) is 10.3. The Balaban J connectivity index is 1.31. The normalized spacial score (nSPS) is 11.2. The number of hydrogen-bond donors (Lipinski definition) is 1. The van der Waals surface area contributed by atoms with Crippen LogP contribution in [0, 0.1) is 20.8 Å². The van der Waals surface area contributed by atoms with Crippen molar-refractivity contribution < 1.29 is 9.53 Å². The van der Waals surface area contributed by atoms with E-state index in [2.05, 4.69) is 85.3 Å². The molecule has 0 aliphatic carbocycles. The van der Waals surface area contributed by atoms with Crippen molar-refractivity contribution >= 4 is 16.8 Å². The van der Waals surface area contributed by atoms with Crippen LogP contribution in [0.1, 0.15) is 52.2 Å². The highest BCUT2D eigenvalue weighted by atomic mass is 16.5. The van der Waals surface area contributed by atoms with Crippen LogP contribution in [0.25, 0.3) is 22.0 Å². The fraction of sp³-hybridized carbons (Fsp3) is 0.229. The smallest absolute Gasteiger partial charge is 0.251 e. The van der Waals surface area contributed by atoms with Crippen molar-refractivity contribution in [1.82, 2.24) is 9.88 Å². The number of hydrogen-bond acceptors (Lipinski definition) is 2. The van der Waals surface area contributed by atoms with Crippen LogP contribution in [0.3, 0.4) is 0 Å². The third-order valence-corrected chi connectivity index (χ3v) is 7.40. The van der Waals surface area contributed by atoms with Crippen molar-refractivity contribution in [3.8, 4) is 16.9 Å². The molecular formula is C35H36N2O2. The maximum absolute atomic E-state index is 13.0. The molecule has 1 aromatic heterocycles. The van der Waals surface area contributed by atoms with E-state index in [-0.39, 0.29) is 12.0 Å². The lowest BCUT2D eigenvalue weighted by molar-refractivity contribution is 0.0951. The lowest BCUT2D eigenvalue weighted by Gasteiger charge is -2.11. The highest BCUT2D eigenvalue weighted by molar-refractivity contribution is 5.99. The molecule has 0 atom stereocenters.